The van der Waals surface area contributed by atoms with E-state index in [1.807, 2.05) is 67.6 Å². The molecule has 0 fully saturated rings. The van der Waals surface area contributed by atoms with Gasteiger partial charge in [-0.1, -0.05) is 78.9 Å². The lowest BCUT2D eigenvalue weighted by atomic mass is 10.1. The molecule has 1 N–H and O–H groups in total. The van der Waals surface area contributed by atoms with Gasteiger partial charge in [-0.15, -0.1) is 0 Å². The van der Waals surface area contributed by atoms with E-state index in [0.717, 1.165) is 11.3 Å². The summed E-state index contributed by atoms with van der Waals surface area (Å²) in [5.74, 6) is 0.779. The number of para-hydroxylation sites is 1. The average Bonchev–Trinajstić information content (AvgIpc) is 2.75. The highest BCUT2D eigenvalue weighted by molar-refractivity contribution is 5.78. The van der Waals surface area contributed by atoms with Gasteiger partial charge in [-0.25, -0.2) is 0 Å². The molecular weight excluding hydrogens is 360 g/mol. The van der Waals surface area contributed by atoms with Crippen molar-refractivity contribution in [2.75, 3.05) is 13.7 Å². The van der Waals surface area contributed by atoms with Gasteiger partial charge in [0, 0.05) is 18.7 Å². The fourth-order valence-corrected chi connectivity index (χ4v) is 3.44. The van der Waals surface area contributed by atoms with Gasteiger partial charge in [-0.3, -0.25) is 9.69 Å². The summed E-state index contributed by atoms with van der Waals surface area (Å²) >= 11 is 0. The predicted molar refractivity (Wildman–Crippen MR) is 117 cm³/mol. The Labute approximate surface area is 173 Å². The lowest BCUT2D eigenvalue weighted by molar-refractivity contribution is -0.123. The molecule has 0 radical (unpaired) electrons. The molecule has 3 aromatic rings. The minimum Gasteiger partial charge on any atom is -0.496 e. The van der Waals surface area contributed by atoms with Gasteiger partial charge in [0.25, 0.3) is 0 Å². The van der Waals surface area contributed by atoms with E-state index >= 15 is 0 Å². The normalized spacial score (nSPS) is 11.8. The van der Waals surface area contributed by atoms with E-state index in [1.54, 1.807) is 7.11 Å². The fourth-order valence-electron chi connectivity index (χ4n) is 3.44. The molecule has 1 amide bonds. The molecule has 1 unspecified atom stereocenters. The molecule has 0 heterocycles. The SMILES string of the molecule is COc1ccccc1C(C)NC(=O)CN(Cc1ccccc1)Cc1ccccc1. The van der Waals surface area contributed by atoms with Crippen LogP contribution in [-0.4, -0.2) is 24.5 Å². The second-order valence-corrected chi connectivity index (χ2v) is 7.15. The van der Waals surface area contributed by atoms with E-state index in [-0.39, 0.29) is 11.9 Å². The summed E-state index contributed by atoms with van der Waals surface area (Å²) in [5, 5.41) is 3.11. The van der Waals surface area contributed by atoms with Crippen molar-refractivity contribution in [2.24, 2.45) is 0 Å². The Morgan fingerprint density at radius 3 is 1.93 bits per heavy atom. The monoisotopic (exact) mass is 388 g/mol. The third kappa shape index (κ3) is 6.19. The van der Waals surface area contributed by atoms with Gasteiger partial charge in [0.05, 0.1) is 19.7 Å². The maximum atomic E-state index is 12.8. The smallest absolute Gasteiger partial charge is 0.234 e. The molecule has 4 heteroatoms. The Hall–Kier alpha value is -3.11. The van der Waals surface area contributed by atoms with E-state index in [0.29, 0.717) is 19.6 Å². The number of methoxy groups -OCH3 is 1. The van der Waals surface area contributed by atoms with Crippen LogP contribution in [0.1, 0.15) is 29.7 Å². The molecule has 3 aromatic carbocycles. The van der Waals surface area contributed by atoms with Crippen LogP contribution in [0, 0.1) is 0 Å². The van der Waals surface area contributed by atoms with E-state index in [4.69, 9.17) is 4.74 Å². The molecule has 3 rings (SSSR count). The first-order chi connectivity index (χ1) is 14.2. The number of nitrogens with zero attached hydrogens (tertiary/aromatic N) is 1. The van der Waals surface area contributed by atoms with E-state index < -0.39 is 0 Å². The zero-order valence-corrected chi connectivity index (χ0v) is 17.0. The number of amides is 1. The molecule has 0 bridgehead atoms. The molecule has 0 aromatic heterocycles. The molecule has 4 nitrogen and oxygen atoms in total. The molecule has 29 heavy (non-hydrogen) atoms. The van der Waals surface area contributed by atoms with Crippen molar-refractivity contribution in [3.05, 3.63) is 102 Å². The number of rotatable bonds is 9. The van der Waals surface area contributed by atoms with Gasteiger partial charge >= 0.3 is 0 Å². The highest BCUT2D eigenvalue weighted by Gasteiger charge is 2.17. The molecule has 150 valence electrons. The van der Waals surface area contributed by atoms with Crippen molar-refractivity contribution >= 4 is 5.91 Å². The maximum absolute atomic E-state index is 12.8. The Morgan fingerprint density at radius 2 is 1.38 bits per heavy atom. The summed E-state index contributed by atoms with van der Waals surface area (Å²) < 4.78 is 5.43. The summed E-state index contributed by atoms with van der Waals surface area (Å²) in [6.45, 7) is 3.73. The molecule has 0 saturated carbocycles. The van der Waals surface area contributed by atoms with Gasteiger partial charge in [0.2, 0.25) is 5.91 Å². The summed E-state index contributed by atoms with van der Waals surface area (Å²) in [6.07, 6.45) is 0. The predicted octanol–water partition coefficient (Wildman–Crippen LogP) is 4.57. The van der Waals surface area contributed by atoms with Crippen molar-refractivity contribution in [3.8, 4) is 5.75 Å². The van der Waals surface area contributed by atoms with Crippen LogP contribution in [0.15, 0.2) is 84.9 Å². The second kappa shape index (κ2) is 10.4. The summed E-state index contributed by atoms with van der Waals surface area (Å²) in [6, 6.07) is 28.1. The summed E-state index contributed by atoms with van der Waals surface area (Å²) in [5.41, 5.74) is 3.35. The molecule has 0 spiro atoms. The zero-order valence-electron chi connectivity index (χ0n) is 17.0. The van der Waals surface area contributed by atoms with Gasteiger partial charge in [0.1, 0.15) is 5.75 Å². The highest BCUT2D eigenvalue weighted by Crippen LogP contribution is 2.24. The van der Waals surface area contributed by atoms with Crippen LogP contribution < -0.4 is 10.1 Å². The number of hydrogen-bond donors (Lipinski definition) is 1. The first kappa shape index (κ1) is 20.6. The second-order valence-electron chi connectivity index (χ2n) is 7.15. The Bertz CT molecular complexity index is 855. The van der Waals surface area contributed by atoms with Gasteiger partial charge < -0.3 is 10.1 Å². The topological polar surface area (TPSA) is 41.6 Å². The summed E-state index contributed by atoms with van der Waals surface area (Å²) in [4.78, 5) is 15.0. The molecule has 0 aliphatic rings. The van der Waals surface area contributed by atoms with E-state index in [9.17, 15) is 4.79 Å². The standard InChI is InChI=1S/C25H28N2O2/c1-20(23-15-9-10-16-24(23)29-2)26-25(28)19-27(17-21-11-5-3-6-12-21)18-22-13-7-4-8-14-22/h3-16,20H,17-19H2,1-2H3,(H,26,28). The van der Waals surface area contributed by atoms with Crippen LogP contribution in [0.4, 0.5) is 0 Å². The van der Waals surface area contributed by atoms with Crippen molar-refractivity contribution in [1.29, 1.82) is 0 Å². The van der Waals surface area contributed by atoms with Crippen molar-refractivity contribution in [3.63, 3.8) is 0 Å². The largest absolute Gasteiger partial charge is 0.496 e. The minimum atomic E-state index is -0.131. The molecule has 0 aliphatic carbocycles. The van der Waals surface area contributed by atoms with Crippen LogP contribution in [0.2, 0.25) is 0 Å². The fraction of sp³-hybridized carbons (Fsp3) is 0.240. The number of hydrogen-bond acceptors (Lipinski definition) is 3. The van der Waals surface area contributed by atoms with Crippen LogP contribution in [-0.2, 0) is 17.9 Å². The third-order valence-electron chi connectivity index (χ3n) is 4.85. The van der Waals surface area contributed by atoms with Crippen LogP contribution in [0.5, 0.6) is 5.75 Å². The van der Waals surface area contributed by atoms with Gasteiger partial charge in [0.15, 0.2) is 0 Å². The van der Waals surface area contributed by atoms with Crippen molar-refractivity contribution in [1.82, 2.24) is 10.2 Å². The van der Waals surface area contributed by atoms with E-state index in [1.165, 1.54) is 11.1 Å². The first-order valence-corrected chi connectivity index (χ1v) is 9.88. The van der Waals surface area contributed by atoms with Crippen molar-refractivity contribution < 1.29 is 9.53 Å². The third-order valence-corrected chi connectivity index (χ3v) is 4.85. The van der Waals surface area contributed by atoms with Crippen LogP contribution in [0.25, 0.3) is 0 Å². The number of benzene rings is 3. The highest BCUT2D eigenvalue weighted by atomic mass is 16.5. The Morgan fingerprint density at radius 1 is 0.862 bits per heavy atom. The number of carbonyl (C=O) groups excluding carboxylic acids is 1. The molecular formula is C25H28N2O2. The summed E-state index contributed by atoms with van der Waals surface area (Å²) in [7, 11) is 1.65. The number of ether oxygens (including phenoxy) is 1. The van der Waals surface area contributed by atoms with Crippen LogP contribution in [0.3, 0.4) is 0 Å². The van der Waals surface area contributed by atoms with E-state index in [2.05, 4.69) is 34.5 Å². The van der Waals surface area contributed by atoms with Crippen LogP contribution >= 0.6 is 0 Å². The Balaban J connectivity index is 1.68. The molecule has 0 aliphatic heterocycles. The van der Waals surface area contributed by atoms with Gasteiger partial charge in [-0.2, -0.15) is 0 Å². The quantitative estimate of drug-likeness (QED) is 0.584. The van der Waals surface area contributed by atoms with Crippen molar-refractivity contribution in [2.45, 2.75) is 26.1 Å². The lowest BCUT2D eigenvalue weighted by Crippen LogP contribution is -2.37. The molecule has 1 atom stereocenters. The van der Waals surface area contributed by atoms with Gasteiger partial charge in [-0.05, 0) is 24.1 Å². The number of nitrogens with one attached hydrogen (secondary N) is 1. The lowest BCUT2D eigenvalue weighted by Gasteiger charge is -2.24. The Kier molecular flexibility index (Phi) is 7.42. The zero-order chi connectivity index (χ0) is 20.5. The minimum absolute atomic E-state index is 0.00438. The number of carbonyl (C=O) groups is 1. The average molecular weight is 389 g/mol. The molecule has 0 saturated heterocycles. The first-order valence-electron chi connectivity index (χ1n) is 9.88. The maximum Gasteiger partial charge on any atom is 0.234 e.